The van der Waals surface area contributed by atoms with Crippen LogP contribution < -0.4 is 4.18 Å². The number of esters is 1. The molecular weight excluding hydrogens is 464 g/mol. The number of hydrogen-bond acceptors (Lipinski definition) is 6. The number of fused-ring (bicyclic) bond motifs is 1. The number of carbonyl (C=O) groups excluding carboxylic acids is 1. The van der Waals surface area contributed by atoms with E-state index >= 15 is 0 Å². The SMILES string of the molecule is COC(=O)C1(c2cccc(F)c2C)CCc2nc(C3CC3)nc(OS(=O)C(F)(F)F)c2CC1. The maximum Gasteiger partial charge on any atom is 0.508 e. The van der Waals surface area contributed by atoms with E-state index < -0.39 is 33.8 Å². The van der Waals surface area contributed by atoms with E-state index in [1.807, 2.05) is 0 Å². The predicted molar refractivity (Wildman–Crippen MR) is 110 cm³/mol. The molecule has 4 rings (SSSR count). The number of methoxy groups -OCH3 is 1. The van der Waals surface area contributed by atoms with Crippen molar-refractivity contribution in [3.63, 3.8) is 0 Å². The van der Waals surface area contributed by atoms with Crippen molar-refractivity contribution < 1.29 is 35.5 Å². The van der Waals surface area contributed by atoms with Gasteiger partial charge in [-0.05, 0) is 62.6 Å². The van der Waals surface area contributed by atoms with Crippen molar-refractivity contribution in [1.82, 2.24) is 9.97 Å². The zero-order valence-electron chi connectivity index (χ0n) is 18.0. The predicted octanol–water partition coefficient (Wildman–Crippen LogP) is 4.35. The van der Waals surface area contributed by atoms with Gasteiger partial charge in [0.1, 0.15) is 11.6 Å². The van der Waals surface area contributed by atoms with Gasteiger partial charge in [-0.1, -0.05) is 12.1 Å². The topological polar surface area (TPSA) is 78.4 Å². The molecule has 0 saturated heterocycles. The molecule has 0 spiro atoms. The first-order valence-corrected chi connectivity index (χ1v) is 11.5. The molecule has 1 heterocycles. The Hall–Kier alpha value is -2.56. The van der Waals surface area contributed by atoms with Crippen LogP contribution in [0.3, 0.4) is 0 Å². The van der Waals surface area contributed by atoms with Gasteiger partial charge in [0.15, 0.2) is 0 Å². The second-order valence-electron chi connectivity index (χ2n) is 8.34. The van der Waals surface area contributed by atoms with Crippen molar-refractivity contribution in [3.05, 3.63) is 52.2 Å². The highest BCUT2D eigenvalue weighted by Gasteiger charge is 2.46. The summed E-state index contributed by atoms with van der Waals surface area (Å²) < 4.78 is 74.7. The fraction of sp³-hybridized carbons (Fsp3) is 0.500. The van der Waals surface area contributed by atoms with Crippen LogP contribution in [-0.2, 0) is 38.9 Å². The van der Waals surface area contributed by atoms with Crippen LogP contribution in [0.2, 0.25) is 0 Å². The molecule has 178 valence electrons. The average molecular weight is 486 g/mol. The molecule has 0 bridgehead atoms. The second kappa shape index (κ2) is 8.66. The Kier molecular flexibility index (Phi) is 6.19. The highest BCUT2D eigenvalue weighted by Crippen LogP contribution is 2.44. The van der Waals surface area contributed by atoms with Gasteiger partial charge in [0.05, 0.1) is 18.2 Å². The van der Waals surface area contributed by atoms with Crippen LogP contribution in [0.4, 0.5) is 17.6 Å². The number of rotatable bonds is 5. The zero-order valence-corrected chi connectivity index (χ0v) is 18.8. The van der Waals surface area contributed by atoms with E-state index in [1.54, 1.807) is 13.0 Å². The van der Waals surface area contributed by atoms with Crippen LogP contribution in [0.1, 0.15) is 59.8 Å². The molecule has 0 amide bonds. The summed E-state index contributed by atoms with van der Waals surface area (Å²) in [6.45, 7) is 1.57. The molecule has 1 aromatic carbocycles. The lowest BCUT2D eigenvalue weighted by atomic mass is 9.72. The van der Waals surface area contributed by atoms with Gasteiger partial charge in [-0.2, -0.15) is 18.2 Å². The zero-order chi connectivity index (χ0) is 24.0. The molecular formula is C22H22F4N2O4S. The van der Waals surface area contributed by atoms with Crippen LogP contribution in [0, 0.1) is 12.7 Å². The highest BCUT2D eigenvalue weighted by atomic mass is 32.2. The van der Waals surface area contributed by atoms with E-state index in [4.69, 9.17) is 8.92 Å². The molecule has 11 heteroatoms. The van der Waals surface area contributed by atoms with E-state index in [2.05, 4.69) is 9.97 Å². The van der Waals surface area contributed by atoms with E-state index in [0.29, 0.717) is 22.6 Å². The number of aryl methyl sites for hydroxylation is 1. The third-order valence-electron chi connectivity index (χ3n) is 6.31. The monoisotopic (exact) mass is 486 g/mol. The molecule has 0 radical (unpaired) electrons. The summed E-state index contributed by atoms with van der Waals surface area (Å²) in [6, 6.07) is 4.45. The fourth-order valence-electron chi connectivity index (χ4n) is 4.40. The van der Waals surface area contributed by atoms with Crippen molar-refractivity contribution >= 4 is 17.0 Å². The Morgan fingerprint density at radius 3 is 2.52 bits per heavy atom. The summed E-state index contributed by atoms with van der Waals surface area (Å²) in [5, 5.41) is 0. The Morgan fingerprint density at radius 1 is 1.18 bits per heavy atom. The number of halogens is 4. The Labute approximate surface area is 190 Å². The minimum atomic E-state index is -5.07. The maximum atomic E-state index is 14.4. The molecule has 2 aromatic rings. The van der Waals surface area contributed by atoms with Crippen LogP contribution in [0.25, 0.3) is 0 Å². The molecule has 6 nitrogen and oxygen atoms in total. The summed E-state index contributed by atoms with van der Waals surface area (Å²) in [4.78, 5) is 21.7. The summed E-state index contributed by atoms with van der Waals surface area (Å²) in [7, 11) is 1.24. The third-order valence-corrected chi connectivity index (χ3v) is 7.00. The van der Waals surface area contributed by atoms with Crippen LogP contribution in [0.15, 0.2) is 18.2 Å². The van der Waals surface area contributed by atoms with Crippen molar-refractivity contribution in [2.45, 2.75) is 62.3 Å². The average Bonchev–Trinajstić information content (AvgIpc) is 3.61. The Morgan fingerprint density at radius 2 is 1.88 bits per heavy atom. The van der Waals surface area contributed by atoms with Gasteiger partial charge >= 0.3 is 22.6 Å². The van der Waals surface area contributed by atoms with Crippen LogP contribution in [0.5, 0.6) is 5.88 Å². The van der Waals surface area contributed by atoms with Gasteiger partial charge in [0.2, 0.25) is 5.88 Å². The lowest BCUT2D eigenvalue weighted by Crippen LogP contribution is -2.38. The Balaban J connectivity index is 1.78. The van der Waals surface area contributed by atoms with Crippen molar-refractivity contribution in [2.75, 3.05) is 7.11 Å². The molecule has 0 aliphatic heterocycles. The fourth-order valence-corrected chi connectivity index (χ4v) is 4.77. The largest absolute Gasteiger partial charge is 0.508 e. The van der Waals surface area contributed by atoms with Gasteiger partial charge in [-0.3, -0.25) is 4.79 Å². The van der Waals surface area contributed by atoms with Crippen LogP contribution in [-0.4, -0.2) is 32.8 Å². The molecule has 33 heavy (non-hydrogen) atoms. The van der Waals surface area contributed by atoms with Gasteiger partial charge in [-0.25, -0.2) is 13.6 Å². The molecule has 2 aliphatic carbocycles. The summed E-state index contributed by atoms with van der Waals surface area (Å²) in [5.41, 5.74) is -4.83. The minimum absolute atomic E-state index is 0.0102. The molecule has 0 N–H and O–H groups in total. The normalized spacial score (nSPS) is 21.6. The molecule has 2 atom stereocenters. The highest BCUT2D eigenvalue weighted by molar-refractivity contribution is 7.81. The van der Waals surface area contributed by atoms with Crippen LogP contribution >= 0.6 is 0 Å². The number of hydrogen-bond donors (Lipinski definition) is 0. The number of carbonyl (C=O) groups is 1. The van der Waals surface area contributed by atoms with Crippen molar-refractivity contribution in [2.24, 2.45) is 0 Å². The molecule has 1 saturated carbocycles. The van der Waals surface area contributed by atoms with E-state index in [-0.39, 0.29) is 43.0 Å². The number of ether oxygens (including phenoxy) is 1. The van der Waals surface area contributed by atoms with E-state index in [1.165, 1.54) is 19.2 Å². The van der Waals surface area contributed by atoms with E-state index in [9.17, 15) is 26.6 Å². The number of aromatic nitrogens is 2. The first-order valence-electron chi connectivity index (χ1n) is 10.5. The van der Waals surface area contributed by atoms with Crippen molar-refractivity contribution in [1.29, 1.82) is 0 Å². The first kappa shape index (κ1) is 23.6. The summed E-state index contributed by atoms with van der Waals surface area (Å²) >= 11 is -3.60. The summed E-state index contributed by atoms with van der Waals surface area (Å²) in [5.74, 6) is -1.07. The lowest BCUT2D eigenvalue weighted by molar-refractivity contribution is -0.148. The van der Waals surface area contributed by atoms with Gasteiger partial charge < -0.3 is 8.92 Å². The summed E-state index contributed by atoms with van der Waals surface area (Å²) in [6.07, 6.45) is 2.19. The van der Waals surface area contributed by atoms with Crippen molar-refractivity contribution in [3.8, 4) is 5.88 Å². The quantitative estimate of drug-likeness (QED) is 0.355. The first-order chi connectivity index (χ1) is 15.6. The standard InChI is InChI=1S/C22H22F4N2O4S/c1-12-15(4-3-5-16(12)23)21(20(29)31-2)10-8-14-17(9-11-21)27-18(13-6-7-13)28-19(14)32-33(30)22(24,25)26/h3-5,13H,6-11H2,1-2H3. The van der Waals surface area contributed by atoms with Gasteiger partial charge in [0.25, 0.3) is 0 Å². The smallest absolute Gasteiger partial charge is 0.468 e. The van der Waals surface area contributed by atoms with E-state index in [0.717, 1.165) is 12.8 Å². The van der Waals surface area contributed by atoms with Gasteiger partial charge in [0, 0.05) is 11.5 Å². The lowest BCUT2D eigenvalue weighted by Gasteiger charge is -2.31. The molecule has 1 fully saturated rings. The minimum Gasteiger partial charge on any atom is -0.468 e. The number of nitrogens with zero attached hydrogens (tertiary/aromatic N) is 2. The number of benzene rings is 1. The molecule has 2 unspecified atom stereocenters. The Bertz CT molecular complexity index is 1120. The third kappa shape index (κ3) is 4.47. The molecule has 2 aliphatic rings. The number of alkyl halides is 3. The molecule has 1 aromatic heterocycles. The van der Waals surface area contributed by atoms with Gasteiger partial charge in [-0.15, -0.1) is 0 Å². The maximum absolute atomic E-state index is 14.4. The second-order valence-corrected chi connectivity index (χ2v) is 9.44.